The normalized spacial score (nSPS) is 11.3. The van der Waals surface area contributed by atoms with Crippen LogP contribution < -0.4 is 0 Å². The van der Waals surface area contributed by atoms with Crippen molar-refractivity contribution in [2.24, 2.45) is 7.05 Å². The summed E-state index contributed by atoms with van der Waals surface area (Å²) < 4.78 is 2.03. The molecule has 0 bridgehead atoms. The van der Waals surface area contributed by atoms with Crippen LogP contribution in [0.3, 0.4) is 0 Å². The summed E-state index contributed by atoms with van der Waals surface area (Å²) in [5, 5.41) is 1.97. The predicted octanol–water partition coefficient (Wildman–Crippen LogP) is 5.92. The number of H-pyrrole nitrogens is 1. The topological polar surface area (TPSA) is 46.5 Å². The van der Waals surface area contributed by atoms with Crippen molar-refractivity contribution in [3.8, 4) is 22.5 Å². The molecule has 0 aliphatic carbocycles. The van der Waals surface area contributed by atoms with E-state index in [0.29, 0.717) is 0 Å². The fraction of sp³-hybridized carbons (Fsp3) is 0.130. The fourth-order valence-corrected chi connectivity index (χ4v) is 4.42. The minimum Gasteiger partial charge on any atom is -0.332 e. The molecule has 4 rings (SSSR count). The van der Waals surface area contributed by atoms with Crippen LogP contribution in [-0.4, -0.2) is 31.0 Å². The number of thioether (sulfide) groups is 2. The highest BCUT2D eigenvalue weighted by atomic mass is 32.2. The van der Waals surface area contributed by atoms with E-state index in [-0.39, 0.29) is 0 Å². The number of hydrogen-bond acceptors (Lipinski definition) is 4. The van der Waals surface area contributed by atoms with Gasteiger partial charge in [-0.3, -0.25) is 0 Å². The molecule has 0 saturated carbocycles. The first-order valence-electron chi connectivity index (χ1n) is 9.40. The van der Waals surface area contributed by atoms with Gasteiger partial charge in [0.25, 0.3) is 0 Å². The molecule has 146 valence electrons. The molecule has 2 aromatic heterocycles. The molecular weight excluding hydrogens is 396 g/mol. The van der Waals surface area contributed by atoms with Crippen LogP contribution >= 0.6 is 23.5 Å². The largest absolute Gasteiger partial charge is 0.332 e. The third kappa shape index (κ3) is 5.02. The van der Waals surface area contributed by atoms with Gasteiger partial charge < -0.3 is 9.55 Å². The fourth-order valence-electron chi connectivity index (χ4n) is 2.92. The van der Waals surface area contributed by atoms with Gasteiger partial charge in [0.05, 0.1) is 11.4 Å². The number of imidazole rings is 2. The van der Waals surface area contributed by atoms with Gasteiger partial charge in [-0.05, 0) is 0 Å². The average molecular weight is 419 g/mol. The Balaban J connectivity index is 1.43. The van der Waals surface area contributed by atoms with Crippen molar-refractivity contribution in [1.82, 2.24) is 19.5 Å². The first-order chi connectivity index (χ1) is 14.3. The molecular formula is C23H22N4S2. The average Bonchev–Trinajstić information content (AvgIpc) is 3.38. The van der Waals surface area contributed by atoms with Crippen LogP contribution in [-0.2, 0) is 7.05 Å². The Morgan fingerprint density at radius 2 is 1.55 bits per heavy atom. The standard InChI is InChI=1S/C23H22N4S2/c1-27-15-14-24-23(27)29-17-9-8-16-28-22-25-20(18-10-4-2-5-11-18)21(26-22)19-12-6-3-7-13-19/h2-15H,16-17H2,1H3,(H,25,26)/b9-8+. The molecule has 4 aromatic rings. The van der Waals surface area contributed by atoms with Crippen LogP contribution in [0.4, 0.5) is 0 Å². The van der Waals surface area contributed by atoms with Gasteiger partial charge >= 0.3 is 0 Å². The second-order valence-electron chi connectivity index (χ2n) is 6.41. The van der Waals surface area contributed by atoms with E-state index >= 15 is 0 Å². The van der Waals surface area contributed by atoms with Gasteiger partial charge in [0, 0.05) is 42.1 Å². The maximum atomic E-state index is 4.88. The molecule has 6 heteroatoms. The van der Waals surface area contributed by atoms with Crippen LogP contribution in [0, 0.1) is 0 Å². The molecule has 0 fully saturated rings. The molecule has 0 atom stereocenters. The van der Waals surface area contributed by atoms with Crippen LogP contribution in [0.5, 0.6) is 0 Å². The zero-order valence-electron chi connectivity index (χ0n) is 16.2. The molecule has 2 aromatic carbocycles. The first kappa shape index (κ1) is 19.6. The number of benzene rings is 2. The van der Waals surface area contributed by atoms with Crippen molar-refractivity contribution < 1.29 is 0 Å². The monoisotopic (exact) mass is 418 g/mol. The zero-order valence-corrected chi connectivity index (χ0v) is 17.8. The van der Waals surface area contributed by atoms with Crippen LogP contribution in [0.25, 0.3) is 22.5 Å². The van der Waals surface area contributed by atoms with Gasteiger partial charge in [-0.25, -0.2) is 9.97 Å². The zero-order chi connectivity index (χ0) is 19.9. The summed E-state index contributed by atoms with van der Waals surface area (Å²) in [5.74, 6) is 1.78. The Bertz CT molecular complexity index is 1010. The van der Waals surface area contributed by atoms with Crippen LogP contribution in [0.1, 0.15) is 0 Å². The van der Waals surface area contributed by atoms with Gasteiger partial charge in [0.15, 0.2) is 10.3 Å². The smallest absolute Gasteiger partial charge is 0.167 e. The van der Waals surface area contributed by atoms with Crippen LogP contribution in [0.2, 0.25) is 0 Å². The quantitative estimate of drug-likeness (QED) is 0.285. The van der Waals surface area contributed by atoms with Gasteiger partial charge in [-0.1, -0.05) is 96.3 Å². The lowest BCUT2D eigenvalue weighted by Gasteiger charge is -2.02. The van der Waals surface area contributed by atoms with E-state index in [1.165, 1.54) is 0 Å². The summed E-state index contributed by atoms with van der Waals surface area (Å²) >= 11 is 3.45. The highest BCUT2D eigenvalue weighted by Crippen LogP contribution is 2.32. The predicted molar refractivity (Wildman–Crippen MR) is 123 cm³/mol. The number of nitrogens with one attached hydrogen (secondary N) is 1. The maximum absolute atomic E-state index is 4.88. The Kier molecular flexibility index (Phi) is 6.54. The number of nitrogens with zero attached hydrogens (tertiary/aromatic N) is 3. The molecule has 0 radical (unpaired) electrons. The van der Waals surface area contributed by atoms with E-state index in [1.54, 1.807) is 23.5 Å². The molecule has 0 unspecified atom stereocenters. The van der Waals surface area contributed by atoms with Crippen molar-refractivity contribution in [1.29, 1.82) is 0 Å². The van der Waals surface area contributed by atoms with E-state index in [0.717, 1.165) is 44.3 Å². The van der Waals surface area contributed by atoms with Gasteiger partial charge in [-0.2, -0.15) is 0 Å². The van der Waals surface area contributed by atoms with E-state index in [2.05, 4.69) is 58.5 Å². The second kappa shape index (κ2) is 9.67. The summed E-state index contributed by atoms with van der Waals surface area (Å²) in [6.45, 7) is 0. The summed E-state index contributed by atoms with van der Waals surface area (Å²) in [6.07, 6.45) is 8.17. The number of hydrogen-bond donors (Lipinski definition) is 1. The number of rotatable bonds is 8. The van der Waals surface area contributed by atoms with Gasteiger partial charge in [0.2, 0.25) is 0 Å². The lowest BCUT2D eigenvalue weighted by molar-refractivity contribution is 0.791. The Morgan fingerprint density at radius 3 is 2.21 bits per heavy atom. The van der Waals surface area contributed by atoms with Crippen molar-refractivity contribution in [3.63, 3.8) is 0 Å². The van der Waals surface area contributed by atoms with E-state index in [4.69, 9.17) is 4.98 Å². The van der Waals surface area contributed by atoms with Crippen molar-refractivity contribution in [2.75, 3.05) is 11.5 Å². The van der Waals surface area contributed by atoms with Crippen LogP contribution in [0.15, 0.2) is 95.5 Å². The van der Waals surface area contributed by atoms with Crippen molar-refractivity contribution in [3.05, 3.63) is 85.2 Å². The molecule has 29 heavy (non-hydrogen) atoms. The molecule has 0 amide bonds. The van der Waals surface area contributed by atoms with E-state index < -0.39 is 0 Å². The Hall–Kier alpha value is -2.70. The van der Waals surface area contributed by atoms with Crippen molar-refractivity contribution >= 4 is 23.5 Å². The first-order valence-corrected chi connectivity index (χ1v) is 11.4. The third-order valence-electron chi connectivity index (χ3n) is 4.36. The van der Waals surface area contributed by atoms with E-state index in [9.17, 15) is 0 Å². The Morgan fingerprint density at radius 1 is 0.897 bits per heavy atom. The summed E-state index contributed by atoms with van der Waals surface area (Å²) in [7, 11) is 2.01. The number of aromatic nitrogens is 4. The van der Waals surface area contributed by atoms with Gasteiger partial charge in [-0.15, -0.1) is 0 Å². The number of aryl methyl sites for hydroxylation is 1. The maximum Gasteiger partial charge on any atom is 0.167 e. The third-order valence-corrected chi connectivity index (χ3v) is 6.20. The van der Waals surface area contributed by atoms with Crippen molar-refractivity contribution in [2.45, 2.75) is 10.3 Å². The molecule has 4 nitrogen and oxygen atoms in total. The second-order valence-corrected chi connectivity index (χ2v) is 8.41. The highest BCUT2D eigenvalue weighted by molar-refractivity contribution is 7.99. The number of aromatic amines is 1. The summed E-state index contributed by atoms with van der Waals surface area (Å²) in [6, 6.07) is 20.7. The van der Waals surface area contributed by atoms with Gasteiger partial charge in [0.1, 0.15) is 0 Å². The summed E-state index contributed by atoms with van der Waals surface area (Å²) in [4.78, 5) is 12.7. The lowest BCUT2D eigenvalue weighted by atomic mass is 10.1. The lowest BCUT2D eigenvalue weighted by Crippen LogP contribution is -1.88. The molecule has 0 saturated heterocycles. The highest BCUT2D eigenvalue weighted by Gasteiger charge is 2.13. The molecule has 1 N–H and O–H groups in total. The summed E-state index contributed by atoms with van der Waals surface area (Å²) in [5.41, 5.74) is 4.33. The SMILES string of the molecule is Cn1ccnc1SC/C=C/CSc1nc(-c2ccccc2)c(-c2ccccc2)[nH]1. The minimum atomic E-state index is 0.872. The minimum absolute atomic E-state index is 0.872. The molecule has 2 heterocycles. The Labute approximate surface area is 179 Å². The molecule has 0 aliphatic rings. The molecule has 0 aliphatic heterocycles. The molecule has 0 spiro atoms. The van der Waals surface area contributed by atoms with E-state index in [1.807, 2.05) is 48.3 Å².